The monoisotopic (exact) mass is 254 g/mol. The van der Waals surface area contributed by atoms with Gasteiger partial charge in [-0.25, -0.2) is 0 Å². The van der Waals surface area contributed by atoms with E-state index in [0.717, 1.165) is 0 Å². The first-order chi connectivity index (χ1) is 8.60. The van der Waals surface area contributed by atoms with Crippen LogP contribution in [0.25, 0.3) is 0 Å². The molecule has 6 nitrogen and oxygen atoms in total. The molecule has 6 heteroatoms. The summed E-state index contributed by atoms with van der Waals surface area (Å²) in [5.74, 6) is 0.249. The van der Waals surface area contributed by atoms with Crippen LogP contribution in [0.3, 0.4) is 0 Å². The fourth-order valence-electron chi connectivity index (χ4n) is 1.54. The van der Waals surface area contributed by atoms with Crippen molar-refractivity contribution >= 4 is 11.4 Å². The fourth-order valence-corrected chi connectivity index (χ4v) is 1.54. The van der Waals surface area contributed by atoms with Crippen molar-refractivity contribution in [2.75, 3.05) is 25.6 Å². The zero-order chi connectivity index (χ0) is 13.5. The molecule has 0 fully saturated rings. The highest BCUT2D eigenvalue weighted by Gasteiger charge is 2.21. The molecule has 1 aromatic rings. The predicted molar refractivity (Wildman–Crippen MR) is 69.2 cm³/mol. The molecule has 100 valence electrons. The largest absolute Gasteiger partial charge is 0.481 e. The Balaban J connectivity index is 2.90. The van der Waals surface area contributed by atoms with Crippen LogP contribution in [0.15, 0.2) is 18.2 Å². The summed E-state index contributed by atoms with van der Waals surface area (Å²) in [7, 11) is 1.63. The number of benzene rings is 1. The van der Waals surface area contributed by atoms with E-state index in [0.29, 0.717) is 18.9 Å². The summed E-state index contributed by atoms with van der Waals surface area (Å²) in [6.07, 6.45) is -0.240. The van der Waals surface area contributed by atoms with E-state index in [9.17, 15) is 10.1 Å². The molecule has 0 saturated carbocycles. The third-order valence-corrected chi connectivity index (χ3v) is 2.34. The first-order valence-electron chi connectivity index (χ1n) is 5.79. The number of para-hydroxylation sites is 1. The first kappa shape index (κ1) is 14.2. The van der Waals surface area contributed by atoms with Gasteiger partial charge in [0.15, 0.2) is 5.75 Å². The molecule has 0 spiro atoms. The number of ether oxygens (including phenoxy) is 2. The van der Waals surface area contributed by atoms with Gasteiger partial charge < -0.3 is 14.8 Å². The van der Waals surface area contributed by atoms with Crippen LogP contribution in [-0.2, 0) is 4.74 Å². The van der Waals surface area contributed by atoms with Gasteiger partial charge in [-0.05, 0) is 26.0 Å². The molecule has 0 radical (unpaired) electrons. The van der Waals surface area contributed by atoms with Gasteiger partial charge in [-0.2, -0.15) is 0 Å². The molecular formula is C12H18N2O4. The topological polar surface area (TPSA) is 73.6 Å². The number of nitrogens with one attached hydrogen (secondary N) is 1. The Labute approximate surface area is 106 Å². The standard InChI is InChI=1S/C12H18N2O4/c1-4-17-8-9(2)18-11-7-5-6-10(13-3)12(11)14(15)16/h5-7,9,13H,4,8H2,1-3H3. The Morgan fingerprint density at radius 3 is 2.78 bits per heavy atom. The van der Waals surface area contributed by atoms with Crippen molar-refractivity contribution in [3.63, 3.8) is 0 Å². The number of nitrogens with zero attached hydrogens (tertiary/aromatic N) is 1. The summed E-state index contributed by atoms with van der Waals surface area (Å²) in [4.78, 5) is 10.6. The zero-order valence-electron chi connectivity index (χ0n) is 10.8. The lowest BCUT2D eigenvalue weighted by Crippen LogP contribution is -2.19. The number of anilines is 1. The van der Waals surface area contributed by atoms with Gasteiger partial charge in [-0.1, -0.05) is 6.07 Å². The van der Waals surface area contributed by atoms with Crippen molar-refractivity contribution in [1.29, 1.82) is 0 Å². The minimum absolute atomic E-state index is 0.0525. The maximum Gasteiger partial charge on any atom is 0.333 e. The number of hydrogen-bond donors (Lipinski definition) is 1. The summed E-state index contributed by atoms with van der Waals surface area (Å²) in [6, 6.07) is 4.93. The lowest BCUT2D eigenvalue weighted by molar-refractivity contribution is -0.385. The lowest BCUT2D eigenvalue weighted by Gasteiger charge is -2.15. The second kappa shape index (κ2) is 6.80. The third kappa shape index (κ3) is 3.59. The summed E-state index contributed by atoms with van der Waals surface area (Å²) < 4.78 is 10.8. The highest BCUT2D eigenvalue weighted by atomic mass is 16.6. The quantitative estimate of drug-likeness (QED) is 0.597. The van der Waals surface area contributed by atoms with Crippen LogP contribution >= 0.6 is 0 Å². The van der Waals surface area contributed by atoms with Crippen LogP contribution in [0.1, 0.15) is 13.8 Å². The van der Waals surface area contributed by atoms with Crippen molar-refractivity contribution in [1.82, 2.24) is 0 Å². The van der Waals surface area contributed by atoms with Gasteiger partial charge in [0.25, 0.3) is 0 Å². The second-order valence-corrected chi connectivity index (χ2v) is 3.75. The predicted octanol–water partition coefficient (Wildman–Crippen LogP) is 2.44. The van der Waals surface area contributed by atoms with Crippen molar-refractivity contribution in [2.24, 2.45) is 0 Å². The number of nitro benzene ring substituents is 1. The SMILES string of the molecule is CCOCC(C)Oc1cccc(NC)c1[N+](=O)[O-]. The maximum absolute atomic E-state index is 11.1. The minimum atomic E-state index is -0.450. The molecule has 0 bridgehead atoms. The third-order valence-electron chi connectivity index (χ3n) is 2.34. The molecule has 1 unspecified atom stereocenters. The molecular weight excluding hydrogens is 236 g/mol. The first-order valence-corrected chi connectivity index (χ1v) is 5.79. The summed E-state index contributed by atoms with van der Waals surface area (Å²) >= 11 is 0. The van der Waals surface area contributed by atoms with E-state index in [1.165, 1.54) is 0 Å². The van der Waals surface area contributed by atoms with Crippen LogP contribution in [0.5, 0.6) is 5.75 Å². The molecule has 18 heavy (non-hydrogen) atoms. The van der Waals surface area contributed by atoms with Crippen molar-refractivity contribution < 1.29 is 14.4 Å². The van der Waals surface area contributed by atoms with Crippen molar-refractivity contribution in [3.05, 3.63) is 28.3 Å². The van der Waals surface area contributed by atoms with E-state index < -0.39 is 4.92 Å². The van der Waals surface area contributed by atoms with E-state index >= 15 is 0 Å². The van der Waals surface area contributed by atoms with Crippen LogP contribution in [0.4, 0.5) is 11.4 Å². The van der Waals surface area contributed by atoms with E-state index in [-0.39, 0.29) is 17.5 Å². The van der Waals surface area contributed by atoms with Gasteiger partial charge in [-0.3, -0.25) is 10.1 Å². The van der Waals surface area contributed by atoms with Crippen LogP contribution in [0.2, 0.25) is 0 Å². The summed E-state index contributed by atoms with van der Waals surface area (Å²) in [6.45, 7) is 4.69. The molecule has 0 heterocycles. The second-order valence-electron chi connectivity index (χ2n) is 3.75. The van der Waals surface area contributed by atoms with E-state index in [2.05, 4.69) is 5.32 Å². The average molecular weight is 254 g/mol. The van der Waals surface area contributed by atoms with Gasteiger partial charge in [0, 0.05) is 13.7 Å². The molecule has 1 atom stereocenters. The molecule has 0 aliphatic rings. The molecule has 0 amide bonds. The number of nitro groups is 1. The molecule has 0 aliphatic heterocycles. The molecule has 1 N–H and O–H groups in total. The Kier molecular flexibility index (Phi) is 5.38. The minimum Gasteiger partial charge on any atom is -0.481 e. The Morgan fingerprint density at radius 1 is 1.50 bits per heavy atom. The van der Waals surface area contributed by atoms with E-state index in [1.807, 2.05) is 13.8 Å². The highest BCUT2D eigenvalue weighted by Crippen LogP contribution is 2.34. The fraction of sp³-hybridized carbons (Fsp3) is 0.500. The van der Waals surface area contributed by atoms with Crippen LogP contribution in [-0.4, -0.2) is 31.3 Å². The van der Waals surface area contributed by atoms with Crippen LogP contribution in [0, 0.1) is 10.1 Å². The Hall–Kier alpha value is -1.82. The van der Waals surface area contributed by atoms with Gasteiger partial charge in [0.05, 0.1) is 11.5 Å². The maximum atomic E-state index is 11.1. The summed E-state index contributed by atoms with van der Waals surface area (Å²) in [5.41, 5.74) is 0.379. The molecule has 0 aromatic heterocycles. The molecule has 1 aromatic carbocycles. The molecule has 0 saturated heterocycles. The van der Waals surface area contributed by atoms with E-state index in [4.69, 9.17) is 9.47 Å². The Bertz CT molecular complexity index is 409. The van der Waals surface area contributed by atoms with Gasteiger partial charge in [0.2, 0.25) is 0 Å². The van der Waals surface area contributed by atoms with Crippen molar-refractivity contribution in [3.8, 4) is 5.75 Å². The normalized spacial score (nSPS) is 11.9. The summed E-state index contributed by atoms with van der Waals surface area (Å²) in [5, 5.41) is 13.8. The van der Waals surface area contributed by atoms with Crippen LogP contribution < -0.4 is 10.1 Å². The highest BCUT2D eigenvalue weighted by molar-refractivity contribution is 5.68. The smallest absolute Gasteiger partial charge is 0.333 e. The molecule has 1 rings (SSSR count). The van der Waals surface area contributed by atoms with E-state index in [1.54, 1.807) is 25.2 Å². The number of rotatable bonds is 7. The number of hydrogen-bond acceptors (Lipinski definition) is 5. The lowest BCUT2D eigenvalue weighted by atomic mass is 10.2. The Morgan fingerprint density at radius 2 is 2.22 bits per heavy atom. The van der Waals surface area contributed by atoms with Gasteiger partial charge in [0.1, 0.15) is 11.8 Å². The van der Waals surface area contributed by atoms with Gasteiger partial charge in [-0.15, -0.1) is 0 Å². The van der Waals surface area contributed by atoms with Crippen molar-refractivity contribution in [2.45, 2.75) is 20.0 Å². The molecule has 0 aliphatic carbocycles. The zero-order valence-corrected chi connectivity index (χ0v) is 10.8. The average Bonchev–Trinajstić information content (AvgIpc) is 2.35. The van der Waals surface area contributed by atoms with Gasteiger partial charge >= 0.3 is 5.69 Å².